The summed E-state index contributed by atoms with van der Waals surface area (Å²) in [5.74, 6) is 0.539. The molecule has 2 rings (SSSR count). The SMILES string of the molecule is Cl.O=[N+]([O-])c1cccc(OCCCCn2ccnc2)c1. The van der Waals surface area contributed by atoms with Crippen LogP contribution in [0.3, 0.4) is 0 Å². The van der Waals surface area contributed by atoms with Gasteiger partial charge in [-0.2, -0.15) is 0 Å². The van der Waals surface area contributed by atoms with Gasteiger partial charge in [-0.15, -0.1) is 12.4 Å². The van der Waals surface area contributed by atoms with Gasteiger partial charge in [-0.25, -0.2) is 4.98 Å². The van der Waals surface area contributed by atoms with Crippen molar-refractivity contribution >= 4 is 18.1 Å². The van der Waals surface area contributed by atoms with E-state index in [2.05, 4.69) is 4.98 Å². The standard InChI is InChI=1S/C13H15N3O3.ClH/c17-16(18)12-4-3-5-13(10-12)19-9-2-1-7-15-8-6-14-11-15;/h3-6,8,10-11H,1-2,7,9H2;1H. The van der Waals surface area contributed by atoms with E-state index in [0.717, 1.165) is 19.4 Å². The zero-order chi connectivity index (χ0) is 13.5. The van der Waals surface area contributed by atoms with Crippen LogP contribution in [0.25, 0.3) is 0 Å². The van der Waals surface area contributed by atoms with E-state index < -0.39 is 4.92 Å². The van der Waals surface area contributed by atoms with E-state index in [1.54, 1.807) is 24.7 Å². The number of nitro groups is 1. The number of nitrogens with zero attached hydrogens (tertiary/aromatic N) is 3. The number of aryl methyl sites for hydroxylation is 1. The van der Waals surface area contributed by atoms with Gasteiger partial charge in [-0.3, -0.25) is 10.1 Å². The number of nitro benzene ring substituents is 1. The minimum absolute atomic E-state index is 0. The predicted octanol–water partition coefficient (Wildman–Crippen LogP) is 3.07. The molecule has 1 heterocycles. The Morgan fingerprint density at radius 2 is 2.20 bits per heavy atom. The molecule has 0 N–H and O–H groups in total. The average molecular weight is 298 g/mol. The molecule has 2 aromatic rings. The van der Waals surface area contributed by atoms with Crippen LogP contribution in [0, 0.1) is 10.1 Å². The van der Waals surface area contributed by atoms with Gasteiger partial charge in [0, 0.05) is 25.0 Å². The highest BCUT2D eigenvalue weighted by atomic mass is 35.5. The lowest BCUT2D eigenvalue weighted by Crippen LogP contribution is -2.01. The number of non-ortho nitro benzene ring substituents is 1. The van der Waals surface area contributed by atoms with Crippen LogP contribution in [0.15, 0.2) is 43.0 Å². The van der Waals surface area contributed by atoms with Crippen LogP contribution < -0.4 is 4.74 Å². The molecule has 0 atom stereocenters. The maximum absolute atomic E-state index is 10.6. The van der Waals surface area contributed by atoms with Crippen molar-refractivity contribution in [3.05, 3.63) is 53.1 Å². The Kier molecular flexibility index (Phi) is 6.52. The first-order valence-corrected chi connectivity index (χ1v) is 6.09. The minimum atomic E-state index is -0.425. The molecule has 1 aromatic carbocycles. The first-order valence-electron chi connectivity index (χ1n) is 6.09. The molecule has 0 saturated carbocycles. The number of unbranched alkanes of at least 4 members (excludes halogenated alkanes) is 1. The normalized spacial score (nSPS) is 9.80. The Labute approximate surface area is 123 Å². The maximum Gasteiger partial charge on any atom is 0.273 e. The van der Waals surface area contributed by atoms with Gasteiger partial charge in [0.15, 0.2) is 0 Å². The fourth-order valence-corrected chi connectivity index (χ4v) is 1.69. The molecule has 0 aliphatic rings. The van der Waals surface area contributed by atoms with Gasteiger partial charge >= 0.3 is 0 Å². The quantitative estimate of drug-likeness (QED) is 0.447. The van der Waals surface area contributed by atoms with Crippen molar-refractivity contribution in [1.82, 2.24) is 9.55 Å². The second-order valence-electron chi connectivity index (χ2n) is 4.11. The molecular formula is C13H16ClN3O3. The van der Waals surface area contributed by atoms with Gasteiger partial charge in [0.1, 0.15) is 5.75 Å². The van der Waals surface area contributed by atoms with Crippen molar-refractivity contribution < 1.29 is 9.66 Å². The number of hydrogen-bond acceptors (Lipinski definition) is 4. The molecule has 0 bridgehead atoms. The van der Waals surface area contributed by atoms with Crippen LogP contribution in [-0.4, -0.2) is 21.1 Å². The van der Waals surface area contributed by atoms with Crippen molar-refractivity contribution in [2.45, 2.75) is 19.4 Å². The van der Waals surface area contributed by atoms with Crippen LogP contribution in [0.2, 0.25) is 0 Å². The molecule has 108 valence electrons. The molecule has 0 aliphatic heterocycles. The number of benzene rings is 1. The Morgan fingerprint density at radius 3 is 2.90 bits per heavy atom. The summed E-state index contributed by atoms with van der Waals surface area (Å²) >= 11 is 0. The third-order valence-corrected chi connectivity index (χ3v) is 2.67. The second-order valence-corrected chi connectivity index (χ2v) is 4.11. The Bertz CT molecular complexity index is 531. The van der Waals surface area contributed by atoms with Crippen molar-refractivity contribution in [3.8, 4) is 5.75 Å². The molecule has 0 aliphatic carbocycles. The molecule has 7 heteroatoms. The molecule has 0 spiro atoms. The van der Waals surface area contributed by atoms with E-state index in [0.29, 0.717) is 12.4 Å². The summed E-state index contributed by atoms with van der Waals surface area (Å²) in [5.41, 5.74) is 0.0518. The summed E-state index contributed by atoms with van der Waals surface area (Å²) in [6, 6.07) is 6.24. The lowest BCUT2D eigenvalue weighted by Gasteiger charge is -2.06. The summed E-state index contributed by atoms with van der Waals surface area (Å²) in [4.78, 5) is 14.1. The Hall–Kier alpha value is -2.08. The fraction of sp³-hybridized carbons (Fsp3) is 0.308. The summed E-state index contributed by atoms with van der Waals surface area (Å²) in [6.07, 6.45) is 7.31. The molecule has 6 nitrogen and oxygen atoms in total. The van der Waals surface area contributed by atoms with E-state index in [-0.39, 0.29) is 18.1 Å². The van der Waals surface area contributed by atoms with Gasteiger partial charge < -0.3 is 9.30 Å². The molecule has 0 amide bonds. The first-order chi connectivity index (χ1) is 9.25. The van der Waals surface area contributed by atoms with Crippen LogP contribution >= 0.6 is 12.4 Å². The average Bonchev–Trinajstić information content (AvgIpc) is 2.92. The zero-order valence-corrected chi connectivity index (χ0v) is 11.7. The van der Waals surface area contributed by atoms with Gasteiger partial charge in [-0.05, 0) is 18.9 Å². The van der Waals surface area contributed by atoms with Crippen molar-refractivity contribution in [2.24, 2.45) is 0 Å². The highest BCUT2D eigenvalue weighted by Gasteiger charge is 2.05. The number of aromatic nitrogens is 2. The monoisotopic (exact) mass is 297 g/mol. The summed E-state index contributed by atoms with van der Waals surface area (Å²) < 4.78 is 7.49. The highest BCUT2D eigenvalue weighted by molar-refractivity contribution is 5.85. The molecule has 0 saturated heterocycles. The van der Waals surface area contributed by atoms with Crippen LogP contribution in [-0.2, 0) is 6.54 Å². The first kappa shape index (κ1) is 16.0. The molecule has 20 heavy (non-hydrogen) atoms. The fourth-order valence-electron chi connectivity index (χ4n) is 1.69. The smallest absolute Gasteiger partial charge is 0.273 e. The number of ether oxygens (including phenoxy) is 1. The lowest BCUT2D eigenvalue weighted by molar-refractivity contribution is -0.384. The topological polar surface area (TPSA) is 70.2 Å². The summed E-state index contributed by atoms with van der Waals surface area (Å²) in [5, 5.41) is 10.6. The largest absolute Gasteiger partial charge is 0.493 e. The maximum atomic E-state index is 10.6. The van der Waals surface area contributed by atoms with Crippen LogP contribution in [0.4, 0.5) is 5.69 Å². The van der Waals surface area contributed by atoms with Crippen molar-refractivity contribution in [3.63, 3.8) is 0 Å². The van der Waals surface area contributed by atoms with Gasteiger partial charge in [-0.1, -0.05) is 6.07 Å². The van der Waals surface area contributed by atoms with E-state index in [1.165, 1.54) is 12.1 Å². The van der Waals surface area contributed by atoms with E-state index in [4.69, 9.17) is 4.74 Å². The highest BCUT2D eigenvalue weighted by Crippen LogP contribution is 2.19. The number of hydrogen-bond donors (Lipinski definition) is 0. The van der Waals surface area contributed by atoms with Crippen molar-refractivity contribution in [2.75, 3.05) is 6.61 Å². The molecule has 1 aromatic heterocycles. The van der Waals surface area contributed by atoms with E-state index in [9.17, 15) is 10.1 Å². The lowest BCUT2D eigenvalue weighted by atomic mass is 10.3. The van der Waals surface area contributed by atoms with Crippen molar-refractivity contribution in [1.29, 1.82) is 0 Å². The van der Waals surface area contributed by atoms with Gasteiger partial charge in [0.05, 0.1) is 23.9 Å². The third-order valence-electron chi connectivity index (χ3n) is 2.67. The van der Waals surface area contributed by atoms with Crippen LogP contribution in [0.5, 0.6) is 5.75 Å². The number of rotatable bonds is 7. The van der Waals surface area contributed by atoms with Gasteiger partial charge in [0.2, 0.25) is 0 Å². The molecular weight excluding hydrogens is 282 g/mol. The Morgan fingerprint density at radius 1 is 1.35 bits per heavy atom. The summed E-state index contributed by atoms with van der Waals surface area (Å²) in [7, 11) is 0. The number of imidazole rings is 1. The zero-order valence-electron chi connectivity index (χ0n) is 10.8. The van der Waals surface area contributed by atoms with Gasteiger partial charge in [0.25, 0.3) is 5.69 Å². The van der Waals surface area contributed by atoms with Crippen LogP contribution in [0.1, 0.15) is 12.8 Å². The number of halogens is 1. The minimum Gasteiger partial charge on any atom is -0.493 e. The predicted molar refractivity (Wildman–Crippen MR) is 77.3 cm³/mol. The van der Waals surface area contributed by atoms with E-state index in [1.807, 2.05) is 10.8 Å². The Balaban J connectivity index is 0.00000200. The molecule has 0 unspecified atom stereocenters. The second kappa shape index (κ2) is 8.16. The third kappa shape index (κ3) is 4.89. The van der Waals surface area contributed by atoms with E-state index >= 15 is 0 Å². The molecule has 0 radical (unpaired) electrons. The summed E-state index contributed by atoms with van der Waals surface area (Å²) in [6.45, 7) is 1.45. The molecule has 0 fully saturated rings.